The van der Waals surface area contributed by atoms with E-state index in [9.17, 15) is 14.9 Å². The summed E-state index contributed by atoms with van der Waals surface area (Å²) < 4.78 is 0. The van der Waals surface area contributed by atoms with Gasteiger partial charge in [0, 0.05) is 16.3 Å². The van der Waals surface area contributed by atoms with Gasteiger partial charge in [0.25, 0.3) is 11.8 Å². The maximum Gasteiger partial charge on any atom is 0.267 e. The molecular formula is C25H18ClN3O2. The van der Waals surface area contributed by atoms with Gasteiger partial charge in [0.15, 0.2) is 0 Å². The topological polar surface area (TPSA) is 73.2 Å². The van der Waals surface area contributed by atoms with Crippen LogP contribution in [0.3, 0.4) is 0 Å². The first-order valence-electron chi connectivity index (χ1n) is 9.66. The third kappa shape index (κ3) is 3.94. The predicted molar refractivity (Wildman–Crippen MR) is 121 cm³/mol. The number of nitrogens with zero attached hydrogens (tertiary/aromatic N) is 2. The van der Waals surface area contributed by atoms with Gasteiger partial charge in [-0.15, -0.1) is 0 Å². The van der Waals surface area contributed by atoms with E-state index < -0.39 is 11.8 Å². The molecule has 0 saturated carbocycles. The first-order valence-corrected chi connectivity index (χ1v) is 10.0. The van der Waals surface area contributed by atoms with Gasteiger partial charge in [-0.2, -0.15) is 5.26 Å². The standard InChI is InChI=1S/C25H18ClN3O2/c1-16-10-12-18(13-11-16)28-24(30)20(14-27)23-19-7-3-5-9-22(19)29(25(23)31)15-17-6-2-4-8-21(17)26/h2-13H,15H2,1H3,(H,28,30). The SMILES string of the molecule is Cc1ccc(NC(=O)C(C#N)=C2C(=O)N(Cc3ccccc3Cl)c3ccccc32)cc1. The molecule has 152 valence electrons. The van der Waals surface area contributed by atoms with E-state index in [4.69, 9.17) is 11.6 Å². The molecular weight excluding hydrogens is 410 g/mol. The molecule has 4 rings (SSSR count). The van der Waals surface area contributed by atoms with Gasteiger partial charge >= 0.3 is 0 Å². The van der Waals surface area contributed by atoms with Gasteiger partial charge in [0.2, 0.25) is 0 Å². The highest BCUT2D eigenvalue weighted by Gasteiger charge is 2.36. The molecule has 3 aromatic carbocycles. The zero-order valence-electron chi connectivity index (χ0n) is 16.7. The Balaban J connectivity index is 1.74. The third-order valence-electron chi connectivity index (χ3n) is 5.11. The highest BCUT2D eigenvalue weighted by Crippen LogP contribution is 2.39. The van der Waals surface area contributed by atoms with Crippen LogP contribution in [0.15, 0.2) is 78.4 Å². The summed E-state index contributed by atoms with van der Waals surface area (Å²) in [5, 5.41) is 13.0. The Morgan fingerprint density at radius 3 is 2.42 bits per heavy atom. The molecule has 0 aliphatic carbocycles. The highest BCUT2D eigenvalue weighted by atomic mass is 35.5. The number of aryl methyl sites for hydroxylation is 1. The second kappa shape index (κ2) is 8.47. The number of hydrogen-bond donors (Lipinski definition) is 1. The van der Waals surface area contributed by atoms with E-state index in [0.717, 1.165) is 11.1 Å². The van der Waals surface area contributed by atoms with E-state index in [0.29, 0.717) is 22.0 Å². The van der Waals surface area contributed by atoms with Crippen LogP contribution in [-0.2, 0) is 16.1 Å². The summed E-state index contributed by atoms with van der Waals surface area (Å²) >= 11 is 6.29. The zero-order chi connectivity index (χ0) is 22.0. The summed E-state index contributed by atoms with van der Waals surface area (Å²) in [5.74, 6) is -1.03. The molecule has 6 heteroatoms. The van der Waals surface area contributed by atoms with Crippen LogP contribution in [0.2, 0.25) is 5.02 Å². The minimum absolute atomic E-state index is 0.0924. The molecule has 0 radical (unpaired) electrons. The van der Waals surface area contributed by atoms with Crippen molar-refractivity contribution >= 4 is 40.4 Å². The van der Waals surface area contributed by atoms with Crippen molar-refractivity contribution in [2.75, 3.05) is 10.2 Å². The number of nitriles is 1. The second-order valence-electron chi connectivity index (χ2n) is 7.18. The van der Waals surface area contributed by atoms with Gasteiger partial charge in [0.05, 0.1) is 17.8 Å². The van der Waals surface area contributed by atoms with Crippen molar-refractivity contribution in [3.05, 3.63) is 100 Å². The van der Waals surface area contributed by atoms with Crippen LogP contribution in [0.25, 0.3) is 5.57 Å². The number of carbonyl (C=O) groups is 2. The van der Waals surface area contributed by atoms with Crippen molar-refractivity contribution in [1.82, 2.24) is 0 Å². The number of rotatable bonds is 4. The molecule has 0 unspecified atom stereocenters. The largest absolute Gasteiger partial charge is 0.321 e. The van der Waals surface area contributed by atoms with Crippen molar-refractivity contribution in [3.8, 4) is 6.07 Å². The Morgan fingerprint density at radius 2 is 1.71 bits per heavy atom. The van der Waals surface area contributed by atoms with Gasteiger partial charge in [0.1, 0.15) is 11.6 Å². The van der Waals surface area contributed by atoms with Gasteiger partial charge in [-0.05, 0) is 36.8 Å². The predicted octanol–water partition coefficient (Wildman–Crippen LogP) is 5.11. The molecule has 3 aromatic rings. The number of carbonyl (C=O) groups excluding carboxylic acids is 2. The van der Waals surface area contributed by atoms with Crippen molar-refractivity contribution in [2.45, 2.75) is 13.5 Å². The van der Waals surface area contributed by atoms with Gasteiger partial charge in [-0.3, -0.25) is 9.59 Å². The average molecular weight is 428 g/mol. The Hall–Kier alpha value is -3.88. The van der Waals surface area contributed by atoms with Crippen LogP contribution >= 0.6 is 11.6 Å². The highest BCUT2D eigenvalue weighted by molar-refractivity contribution is 6.38. The lowest BCUT2D eigenvalue weighted by molar-refractivity contribution is -0.114. The molecule has 0 fully saturated rings. The van der Waals surface area contributed by atoms with Gasteiger partial charge in [-0.25, -0.2) is 0 Å². The molecule has 5 nitrogen and oxygen atoms in total. The number of amides is 2. The molecule has 0 spiro atoms. The molecule has 1 heterocycles. The molecule has 1 aliphatic rings. The van der Waals surface area contributed by atoms with Crippen LogP contribution in [0.4, 0.5) is 11.4 Å². The normalized spacial score (nSPS) is 14.1. The Labute approximate surface area is 185 Å². The van der Waals surface area contributed by atoms with E-state index in [1.165, 1.54) is 0 Å². The smallest absolute Gasteiger partial charge is 0.267 e. The van der Waals surface area contributed by atoms with Crippen molar-refractivity contribution in [1.29, 1.82) is 5.26 Å². The number of hydrogen-bond acceptors (Lipinski definition) is 3. The Morgan fingerprint density at radius 1 is 1.03 bits per heavy atom. The van der Waals surface area contributed by atoms with Crippen molar-refractivity contribution in [3.63, 3.8) is 0 Å². The molecule has 2 amide bonds. The maximum absolute atomic E-state index is 13.4. The fraction of sp³-hybridized carbons (Fsp3) is 0.0800. The quantitative estimate of drug-likeness (QED) is 0.464. The maximum atomic E-state index is 13.4. The van der Waals surface area contributed by atoms with Crippen LogP contribution in [0.1, 0.15) is 16.7 Å². The van der Waals surface area contributed by atoms with Crippen LogP contribution in [0.5, 0.6) is 0 Å². The lowest BCUT2D eigenvalue weighted by Crippen LogP contribution is -2.27. The lowest BCUT2D eigenvalue weighted by atomic mass is 10.0. The van der Waals surface area contributed by atoms with E-state index in [1.54, 1.807) is 41.3 Å². The van der Waals surface area contributed by atoms with Gasteiger partial charge < -0.3 is 10.2 Å². The molecule has 0 bridgehead atoms. The number of anilines is 2. The van der Waals surface area contributed by atoms with Crippen LogP contribution in [-0.4, -0.2) is 11.8 Å². The molecule has 31 heavy (non-hydrogen) atoms. The molecule has 1 N–H and O–H groups in total. The van der Waals surface area contributed by atoms with Crippen LogP contribution < -0.4 is 10.2 Å². The average Bonchev–Trinajstić information content (AvgIpc) is 3.04. The van der Waals surface area contributed by atoms with Crippen LogP contribution in [0, 0.1) is 18.3 Å². The molecule has 0 aromatic heterocycles. The molecule has 0 atom stereocenters. The number of nitrogens with one attached hydrogen (secondary N) is 1. The number of fused-ring (bicyclic) bond motifs is 1. The third-order valence-corrected chi connectivity index (χ3v) is 5.48. The lowest BCUT2D eigenvalue weighted by Gasteiger charge is -2.18. The number of para-hydroxylation sites is 1. The zero-order valence-corrected chi connectivity index (χ0v) is 17.5. The summed E-state index contributed by atoms with van der Waals surface area (Å²) in [5.41, 5.74) is 3.43. The van der Waals surface area contributed by atoms with E-state index in [2.05, 4.69) is 5.32 Å². The van der Waals surface area contributed by atoms with E-state index in [-0.39, 0.29) is 17.7 Å². The molecule has 0 saturated heterocycles. The van der Waals surface area contributed by atoms with Crippen molar-refractivity contribution < 1.29 is 9.59 Å². The number of halogens is 1. The number of benzene rings is 3. The Bertz CT molecular complexity index is 1260. The first-order chi connectivity index (χ1) is 15.0. The fourth-order valence-corrected chi connectivity index (χ4v) is 3.72. The summed E-state index contributed by atoms with van der Waals surface area (Å²) in [6.45, 7) is 2.17. The minimum Gasteiger partial charge on any atom is -0.321 e. The van der Waals surface area contributed by atoms with E-state index in [1.807, 2.05) is 49.4 Å². The fourth-order valence-electron chi connectivity index (χ4n) is 3.53. The summed E-state index contributed by atoms with van der Waals surface area (Å²) in [6.07, 6.45) is 0. The first kappa shape index (κ1) is 20.4. The molecule has 1 aliphatic heterocycles. The summed E-state index contributed by atoms with van der Waals surface area (Å²) in [4.78, 5) is 27.8. The van der Waals surface area contributed by atoms with Crippen molar-refractivity contribution in [2.24, 2.45) is 0 Å². The minimum atomic E-state index is -0.621. The van der Waals surface area contributed by atoms with Gasteiger partial charge in [-0.1, -0.05) is 65.7 Å². The van der Waals surface area contributed by atoms with E-state index >= 15 is 0 Å². The Kier molecular flexibility index (Phi) is 5.57. The monoisotopic (exact) mass is 427 g/mol. The summed E-state index contributed by atoms with van der Waals surface area (Å²) in [7, 11) is 0. The summed E-state index contributed by atoms with van der Waals surface area (Å²) in [6, 6.07) is 23.5. The second-order valence-corrected chi connectivity index (χ2v) is 7.59.